The average molecular weight is 403 g/mol. The first-order valence-electron chi connectivity index (χ1n) is 9.71. The second kappa shape index (κ2) is 7.06. The van der Waals surface area contributed by atoms with Gasteiger partial charge in [-0.2, -0.15) is 0 Å². The number of urea groups is 1. The van der Waals surface area contributed by atoms with Crippen LogP contribution in [0.5, 0.6) is 0 Å². The summed E-state index contributed by atoms with van der Waals surface area (Å²) < 4.78 is 44.6. The topological polar surface area (TPSA) is 35.6 Å². The number of nitrogens with zero attached hydrogens (tertiary/aromatic N) is 2. The summed E-state index contributed by atoms with van der Waals surface area (Å²) >= 11 is 0. The summed E-state index contributed by atoms with van der Waals surface area (Å²) in [6, 6.07) is 12.6. The van der Waals surface area contributed by atoms with Crippen molar-refractivity contribution in [3.63, 3.8) is 0 Å². The minimum Gasteiger partial charge on any atom is -0.341 e. The molecule has 2 atom stereocenters. The van der Waals surface area contributed by atoms with Crippen LogP contribution in [0.25, 0.3) is 0 Å². The summed E-state index contributed by atoms with van der Waals surface area (Å²) in [5.41, 5.74) is 0.704. The lowest BCUT2D eigenvalue weighted by Gasteiger charge is -2.52. The van der Waals surface area contributed by atoms with Gasteiger partial charge >= 0.3 is 6.03 Å². The molecule has 0 aromatic heterocycles. The molecular weight excluding hydrogens is 379 g/mol. The van der Waals surface area contributed by atoms with Gasteiger partial charge in [-0.15, -0.1) is 0 Å². The van der Waals surface area contributed by atoms with Crippen molar-refractivity contribution < 1.29 is 18.0 Å². The Hall–Kier alpha value is -2.54. The van der Waals surface area contributed by atoms with E-state index in [2.05, 4.69) is 5.32 Å². The Bertz CT molecular complexity index is 918. The van der Waals surface area contributed by atoms with E-state index in [1.807, 2.05) is 18.2 Å². The Labute approximate surface area is 168 Å². The Balaban J connectivity index is 2.06. The van der Waals surface area contributed by atoms with Gasteiger partial charge in [-0.3, -0.25) is 4.90 Å². The smallest absolute Gasteiger partial charge is 0.318 e. The average Bonchev–Trinajstić information content (AvgIpc) is 2.99. The van der Waals surface area contributed by atoms with E-state index >= 15 is 8.78 Å². The van der Waals surface area contributed by atoms with Crippen LogP contribution in [0.1, 0.15) is 16.7 Å². The SMILES string of the molecule is CNC(=O)N1CCc2ccccc2C1(c1ccc(F)cc1)[C@H]1CN(C)CC1(F)F. The zero-order valence-corrected chi connectivity index (χ0v) is 16.5. The van der Waals surface area contributed by atoms with Crippen molar-refractivity contribution in [2.75, 3.05) is 33.7 Å². The highest BCUT2D eigenvalue weighted by molar-refractivity contribution is 5.77. The number of nitrogens with one attached hydrogen (secondary N) is 1. The molecule has 2 aromatic carbocycles. The molecule has 0 saturated carbocycles. The molecule has 2 aromatic rings. The Kier molecular flexibility index (Phi) is 4.81. The summed E-state index contributed by atoms with van der Waals surface area (Å²) in [5.74, 6) is -4.65. The van der Waals surface area contributed by atoms with Crippen LogP contribution >= 0.6 is 0 Å². The third-order valence-corrected chi connectivity index (χ3v) is 6.19. The number of carbonyl (C=O) groups excluding carboxylic acids is 1. The van der Waals surface area contributed by atoms with Crippen LogP contribution in [0.15, 0.2) is 48.5 Å². The molecule has 0 bridgehead atoms. The number of hydrogen-bond donors (Lipinski definition) is 1. The number of alkyl halides is 2. The quantitative estimate of drug-likeness (QED) is 0.834. The van der Waals surface area contributed by atoms with Gasteiger partial charge in [0.1, 0.15) is 11.4 Å². The molecule has 1 fully saturated rings. The van der Waals surface area contributed by atoms with Gasteiger partial charge in [0.2, 0.25) is 0 Å². The van der Waals surface area contributed by atoms with E-state index in [0.717, 1.165) is 5.56 Å². The lowest BCUT2D eigenvalue weighted by molar-refractivity contribution is -0.0777. The molecule has 2 aliphatic heterocycles. The first-order valence-corrected chi connectivity index (χ1v) is 9.71. The molecule has 0 spiro atoms. The van der Waals surface area contributed by atoms with Crippen LogP contribution in [0.3, 0.4) is 0 Å². The molecule has 1 unspecified atom stereocenters. The number of likely N-dealkylation sites (tertiary alicyclic amines) is 1. The molecular formula is C22H24F3N3O. The molecule has 1 saturated heterocycles. The van der Waals surface area contributed by atoms with E-state index in [1.54, 1.807) is 18.0 Å². The fraction of sp³-hybridized carbons (Fsp3) is 0.409. The molecule has 4 rings (SSSR count). The minimum absolute atomic E-state index is 0.117. The fourth-order valence-corrected chi connectivity index (χ4v) is 5.07. The predicted molar refractivity (Wildman–Crippen MR) is 104 cm³/mol. The second-order valence-electron chi connectivity index (χ2n) is 7.90. The standard InChI is InChI=1S/C22H24F3N3O/c1-26-20(29)28-12-11-15-5-3-4-6-18(15)22(28,16-7-9-17(23)10-8-16)19-13-27(2)14-21(19,24)25/h3-10,19H,11-14H2,1-2H3,(H,26,29)/t19-,22?/m0/s1. The highest BCUT2D eigenvalue weighted by Gasteiger charge is 2.63. The number of hydrogen-bond acceptors (Lipinski definition) is 2. The largest absolute Gasteiger partial charge is 0.341 e. The lowest BCUT2D eigenvalue weighted by atomic mass is 9.66. The summed E-state index contributed by atoms with van der Waals surface area (Å²) in [4.78, 5) is 16.1. The molecule has 2 amide bonds. The highest BCUT2D eigenvalue weighted by Crippen LogP contribution is 2.53. The van der Waals surface area contributed by atoms with Crippen molar-refractivity contribution in [1.82, 2.24) is 15.1 Å². The fourth-order valence-electron chi connectivity index (χ4n) is 5.07. The van der Waals surface area contributed by atoms with Gasteiger partial charge in [0.25, 0.3) is 5.92 Å². The first kappa shape index (κ1) is 19.8. The van der Waals surface area contributed by atoms with Gasteiger partial charge in [0, 0.05) is 20.1 Å². The van der Waals surface area contributed by atoms with Crippen molar-refractivity contribution in [1.29, 1.82) is 0 Å². The number of amides is 2. The summed E-state index contributed by atoms with van der Waals surface area (Å²) in [7, 11) is 3.16. The van der Waals surface area contributed by atoms with Gasteiger partial charge < -0.3 is 10.2 Å². The van der Waals surface area contributed by atoms with Crippen LogP contribution in [-0.4, -0.2) is 55.5 Å². The maximum absolute atomic E-state index is 15.4. The molecule has 4 nitrogen and oxygen atoms in total. The summed E-state index contributed by atoms with van der Waals surface area (Å²) in [5, 5.41) is 2.62. The van der Waals surface area contributed by atoms with E-state index in [0.29, 0.717) is 24.1 Å². The maximum atomic E-state index is 15.4. The van der Waals surface area contributed by atoms with Crippen LogP contribution < -0.4 is 5.32 Å². The zero-order valence-electron chi connectivity index (χ0n) is 16.5. The Morgan fingerprint density at radius 2 is 1.83 bits per heavy atom. The monoisotopic (exact) mass is 403 g/mol. The van der Waals surface area contributed by atoms with Crippen LogP contribution in [0.2, 0.25) is 0 Å². The minimum atomic E-state index is -3.03. The number of fused-ring (bicyclic) bond motifs is 1. The van der Waals surface area contributed by atoms with E-state index in [9.17, 15) is 9.18 Å². The third-order valence-electron chi connectivity index (χ3n) is 6.19. The Morgan fingerprint density at radius 3 is 2.45 bits per heavy atom. The van der Waals surface area contributed by atoms with Gasteiger partial charge in [-0.05, 0) is 42.3 Å². The highest BCUT2D eigenvalue weighted by atomic mass is 19.3. The van der Waals surface area contributed by atoms with Gasteiger partial charge in [-0.25, -0.2) is 18.0 Å². The zero-order chi connectivity index (χ0) is 20.8. The summed E-state index contributed by atoms with van der Waals surface area (Å²) in [6.07, 6.45) is 0.570. The molecule has 2 aliphatic rings. The molecule has 29 heavy (non-hydrogen) atoms. The normalized spacial score (nSPS) is 26.2. The van der Waals surface area contributed by atoms with Crippen molar-refractivity contribution in [3.05, 3.63) is 71.0 Å². The van der Waals surface area contributed by atoms with Gasteiger partial charge in [0.05, 0.1) is 12.5 Å². The third kappa shape index (κ3) is 2.99. The number of carbonyl (C=O) groups is 1. The van der Waals surface area contributed by atoms with Crippen molar-refractivity contribution in [2.24, 2.45) is 5.92 Å². The molecule has 0 radical (unpaired) electrons. The van der Waals surface area contributed by atoms with Gasteiger partial charge in [-0.1, -0.05) is 36.4 Å². The molecule has 2 heterocycles. The van der Waals surface area contributed by atoms with Crippen LogP contribution in [-0.2, 0) is 12.0 Å². The van der Waals surface area contributed by atoms with E-state index in [1.165, 1.54) is 36.2 Å². The van der Waals surface area contributed by atoms with E-state index in [-0.39, 0.29) is 13.1 Å². The first-order chi connectivity index (χ1) is 13.8. The van der Waals surface area contributed by atoms with Crippen LogP contribution in [0.4, 0.5) is 18.0 Å². The molecule has 0 aliphatic carbocycles. The second-order valence-corrected chi connectivity index (χ2v) is 7.90. The predicted octanol–water partition coefficient (Wildman–Crippen LogP) is 3.46. The molecule has 154 valence electrons. The number of benzene rings is 2. The Morgan fingerprint density at radius 1 is 1.14 bits per heavy atom. The van der Waals surface area contributed by atoms with Gasteiger partial charge in [0.15, 0.2) is 0 Å². The van der Waals surface area contributed by atoms with E-state index in [4.69, 9.17) is 0 Å². The number of halogens is 3. The molecule has 1 N–H and O–H groups in total. The summed E-state index contributed by atoms with van der Waals surface area (Å²) in [6.45, 7) is 0.0287. The van der Waals surface area contributed by atoms with E-state index < -0.39 is 29.2 Å². The van der Waals surface area contributed by atoms with Crippen molar-refractivity contribution in [3.8, 4) is 0 Å². The van der Waals surface area contributed by atoms with Crippen LogP contribution in [0, 0.1) is 11.7 Å². The number of rotatable bonds is 2. The van der Waals surface area contributed by atoms with Crippen molar-refractivity contribution in [2.45, 2.75) is 17.9 Å². The lowest BCUT2D eigenvalue weighted by Crippen LogP contribution is -2.63. The van der Waals surface area contributed by atoms with Crippen molar-refractivity contribution >= 4 is 6.03 Å². The maximum Gasteiger partial charge on any atom is 0.318 e. The molecule has 7 heteroatoms.